The highest BCUT2D eigenvalue weighted by Gasteiger charge is 2.30. The van der Waals surface area contributed by atoms with Gasteiger partial charge in [-0.05, 0) is 57.2 Å². The van der Waals surface area contributed by atoms with E-state index in [9.17, 15) is 8.78 Å². The van der Waals surface area contributed by atoms with Gasteiger partial charge in [-0.2, -0.15) is 4.99 Å². The standard InChI is InChI=1S/C28H36F2N10O2/c1-36-11-9-20(10-12-36)37(2)23-8-7-19(17-31-23)35-39-18-32-27(34-28(39)38-13-15-42-16-14-38)40-21-5-4-6-22(41-3)24(21)33-26(40)25(29)30/h4-8,17,20,25,35H,9-16,18H2,1-3H3. The molecule has 0 amide bonds. The molecule has 6 rings (SSSR count). The maximum atomic E-state index is 14.2. The van der Waals surface area contributed by atoms with Crippen molar-refractivity contribution < 1.29 is 18.3 Å². The molecule has 2 fully saturated rings. The summed E-state index contributed by atoms with van der Waals surface area (Å²) in [4.78, 5) is 25.0. The molecule has 224 valence electrons. The van der Waals surface area contributed by atoms with Crippen LogP contribution >= 0.6 is 0 Å². The molecule has 3 aliphatic rings. The number of likely N-dealkylation sites (tertiary alicyclic amines) is 1. The van der Waals surface area contributed by atoms with Crippen molar-refractivity contribution in [3.63, 3.8) is 0 Å². The zero-order valence-electron chi connectivity index (χ0n) is 24.1. The fourth-order valence-corrected chi connectivity index (χ4v) is 5.59. The van der Waals surface area contributed by atoms with Crippen LogP contribution in [0.2, 0.25) is 0 Å². The van der Waals surface area contributed by atoms with E-state index in [1.54, 1.807) is 29.4 Å². The van der Waals surface area contributed by atoms with Crippen molar-refractivity contribution in [3.05, 3.63) is 42.4 Å². The lowest BCUT2D eigenvalue weighted by atomic mass is 10.0. The number of imidazole rings is 1. The number of rotatable bonds is 6. The largest absolute Gasteiger partial charge is 0.494 e. The number of aliphatic imine (C=N–C) groups is 2. The number of halogens is 2. The fourth-order valence-electron chi connectivity index (χ4n) is 5.59. The molecule has 0 aliphatic carbocycles. The Balaban J connectivity index is 1.27. The second kappa shape index (κ2) is 12.1. The number of hydrazine groups is 1. The minimum Gasteiger partial charge on any atom is -0.494 e. The maximum Gasteiger partial charge on any atom is 0.296 e. The van der Waals surface area contributed by atoms with Gasteiger partial charge in [-0.3, -0.25) is 9.99 Å². The number of fused-ring (bicyclic) bond motifs is 1. The third-order valence-corrected chi connectivity index (χ3v) is 7.99. The van der Waals surface area contributed by atoms with Crippen molar-refractivity contribution >= 4 is 34.5 Å². The molecule has 0 saturated carbocycles. The number of pyridine rings is 1. The van der Waals surface area contributed by atoms with Crippen LogP contribution < -0.4 is 15.1 Å². The highest BCUT2D eigenvalue weighted by Crippen LogP contribution is 2.31. The molecule has 12 nitrogen and oxygen atoms in total. The van der Waals surface area contributed by atoms with E-state index in [0.29, 0.717) is 55.1 Å². The molecule has 3 aromatic rings. The Labute approximate surface area is 243 Å². The normalized spacial score (nSPS) is 18.8. The first-order valence-corrected chi connectivity index (χ1v) is 14.1. The van der Waals surface area contributed by atoms with Gasteiger partial charge in [-0.1, -0.05) is 6.07 Å². The number of alkyl halides is 2. The summed E-state index contributed by atoms with van der Waals surface area (Å²) in [6.07, 6.45) is 1.17. The van der Waals surface area contributed by atoms with Gasteiger partial charge in [0.15, 0.2) is 5.82 Å². The molecule has 0 spiro atoms. The van der Waals surface area contributed by atoms with E-state index in [2.05, 4.69) is 44.2 Å². The van der Waals surface area contributed by atoms with Crippen LogP contribution in [0.25, 0.3) is 11.0 Å². The average molecular weight is 583 g/mol. The minimum absolute atomic E-state index is 0.133. The molecule has 0 unspecified atom stereocenters. The SMILES string of the molecule is COc1cccc2c1nc(C(F)F)n2C1=NCN(Nc2ccc(N(C)C3CCN(C)CC3)nc2)C(N2CCOCC2)=N1. The summed E-state index contributed by atoms with van der Waals surface area (Å²) in [7, 11) is 5.74. The molecule has 1 aromatic carbocycles. The first-order chi connectivity index (χ1) is 20.4. The Morgan fingerprint density at radius 2 is 1.88 bits per heavy atom. The third-order valence-electron chi connectivity index (χ3n) is 7.99. The Bertz CT molecular complexity index is 1450. The van der Waals surface area contributed by atoms with E-state index in [1.165, 1.54) is 11.7 Å². The van der Waals surface area contributed by atoms with Crippen molar-refractivity contribution in [2.24, 2.45) is 9.98 Å². The van der Waals surface area contributed by atoms with Gasteiger partial charge < -0.3 is 24.2 Å². The number of piperidine rings is 1. The number of aromatic nitrogens is 3. The van der Waals surface area contributed by atoms with Gasteiger partial charge in [0.05, 0.1) is 37.7 Å². The van der Waals surface area contributed by atoms with Crippen LogP contribution in [-0.2, 0) is 4.74 Å². The average Bonchev–Trinajstić information content (AvgIpc) is 3.42. The number of nitrogens with zero attached hydrogens (tertiary/aromatic N) is 9. The number of nitrogens with one attached hydrogen (secondary N) is 1. The van der Waals surface area contributed by atoms with E-state index < -0.39 is 12.2 Å². The molecule has 5 heterocycles. The van der Waals surface area contributed by atoms with E-state index in [1.807, 2.05) is 12.1 Å². The molecule has 2 aromatic heterocycles. The number of guanidine groups is 1. The molecule has 1 N–H and O–H groups in total. The lowest BCUT2D eigenvalue weighted by Gasteiger charge is -2.37. The van der Waals surface area contributed by atoms with Gasteiger partial charge in [0.2, 0.25) is 11.9 Å². The first-order valence-electron chi connectivity index (χ1n) is 14.1. The Hall–Kier alpha value is -4.04. The second-order valence-electron chi connectivity index (χ2n) is 10.6. The predicted octanol–water partition coefficient (Wildman–Crippen LogP) is 3.10. The summed E-state index contributed by atoms with van der Waals surface area (Å²) in [6.45, 7) is 4.56. The molecule has 3 aliphatic heterocycles. The van der Waals surface area contributed by atoms with Gasteiger partial charge in [-0.25, -0.2) is 28.8 Å². The minimum atomic E-state index is -2.83. The fraction of sp³-hybridized carbons (Fsp3) is 0.500. The number of hydrogen-bond donors (Lipinski definition) is 1. The lowest BCUT2D eigenvalue weighted by molar-refractivity contribution is 0.0630. The van der Waals surface area contributed by atoms with Gasteiger partial charge in [0, 0.05) is 26.2 Å². The molecule has 42 heavy (non-hydrogen) atoms. The Morgan fingerprint density at radius 3 is 2.57 bits per heavy atom. The van der Waals surface area contributed by atoms with Crippen molar-refractivity contribution in [2.75, 3.05) is 77.6 Å². The molecule has 2 saturated heterocycles. The van der Waals surface area contributed by atoms with Gasteiger partial charge >= 0.3 is 0 Å². The molecule has 14 heteroatoms. The number of morpholine rings is 1. The van der Waals surface area contributed by atoms with Crippen LogP contribution in [-0.4, -0.2) is 115 Å². The van der Waals surface area contributed by atoms with Crippen LogP contribution in [0.5, 0.6) is 5.75 Å². The van der Waals surface area contributed by atoms with Gasteiger partial charge in [0.1, 0.15) is 23.8 Å². The predicted molar refractivity (Wildman–Crippen MR) is 157 cm³/mol. The number of benzene rings is 1. The highest BCUT2D eigenvalue weighted by molar-refractivity contribution is 6.02. The maximum absolute atomic E-state index is 14.2. The topological polar surface area (TPSA) is 98.9 Å². The van der Waals surface area contributed by atoms with Crippen LogP contribution in [0.4, 0.5) is 20.3 Å². The number of ether oxygens (including phenoxy) is 2. The second-order valence-corrected chi connectivity index (χ2v) is 10.6. The quantitative estimate of drug-likeness (QED) is 0.470. The smallest absolute Gasteiger partial charge is 0.296 e. The zero-order valence-corrected chi connectivity index (χ0v) is 24.1. The number of para-hydroxylation sites is 1. The summed E-state index contributed by atoms with van der Waals surface area (Å²) in [5.74, 6) is 1.57. The van der Waals surface area contributed by atoms with Crippen molar-refractivity contribution in [1.29, 1.82) is 0 Å². The van der Waals surface area contributed by atoms with Gasteiger partial charge in [0.25, 0.3) is 6.43 Å². The van der Waals surface area contributed by atoms with Crippen molar-refractivity contribution in [3.8, 4) is 5.75 Å². The summed E-state index contributed by atoms with van der Waals surface area (Å²) >= 11 is 0. The molecular formula is C28H36F2N10O2. The Kier molecular flexibility index (Phi) is 8.07. The van der Waals surface area contributed by atoms with E-state index in [0.717, 1.165) is 37.4 Å². The van der Waals surface area contributed by atoms with Crippen LogP contribution in [0.1, 0.15) is 25.1 Å². The number of anilines is 2. The lowest BCUT2D eigenvalue weighted by Crippen LogP contribution is -2.53. The van der Waals surface area contributed by atoms with Gasteiger partial charge in [-0.15, -0.1) is 0 Å². The molecule has 0 atom stereocenters. The first kappa shape index (κ1) is 28.1. The third kappa shape index (κ3) is 5.55. The molecular weight excluding hydrogens is 546 g/mol. The van der Waals surface area contributed by atoms with Crippen LogP contribution in [0, 0.1) is 0 Å². The zero-order chi connectivity index (χ0) is 29.2. The van der Waals surface area contributed by atoms with E-state index >= 15 is 0 Å². The molecule has 0 radical (unpaired) electrons. The van der Waals surface area contributed by atoms with Crippen molar-refractivity contribution in [1.82, 2.24) is 29.3 Å². The summed E-state index contributed by atoms with van der Waals surface area (Å²) in [6, 6.07) is 9.58. The summed E-state index contributed by atoms with van der Waals surface area (Å²) in [5, 5.41) is 1.80. The number of hydrogen-bond acceptors (Lipinski definition) is 11. The van der Waals surface area contributed by atoms with E-state index in [-0.39, 0.29) is 12.6 Å². The summed E-state index contributed by atoms with van der Waals surface area (Å²) < 4.78 is 40.7. The number of methoxy groups -OCH3 is 1. The highest BCUT2D eigenvalue weighted by atomic mass is 19.3. The monoisotopic (exact) mass is 582 g/mol. The van der Waals surface area contributed by atoms with E-state index in [4.69, 9.17) is 19.5 Å². The molecule has 0 bridgehead atoms. The van der Waals surface area contributed by atoms with Crippen LogP contribution in [0.3, 0.4) is 0 Å². The Morgan fingerprint density at radius 1 is 1.10 bits per heavy atom. The summed E-state index contributed by atoms with van der Waals surface area (Å²) in [5.41, 5.74) is 4.91. The van der Waals surface area contributed by atoms with Crippen molar-refractivity contribution in [2.45, 2.75) is 25.3 Å². The van der Waals surface area contributed by atoms with Crippen LogP contribution in [0.15, 0.2) is 46.5 Å².